The number of hydrogen-bond acceptors (Lipinski definition) is 3. The maximum atomic E-state index is 9.03. The van der Waals surface area contributed by atoms with Crippen molar-refractivity contribution < 1.29 is 0 Å². The third-order valence-corrected chi connectivity index (χ3v) is 3.53. The van der Waals surface area contributed by atoms with Crippen LogP contribution in [0, 0.1) is 11.3 Å². The lowest BCUT2D eigenvalue weighted by Crippen LogP contribution is -2.07. The Morgan fingerprint density at radius 2 is 2.33 bits per heavy atom. The highest BCUT2D eigenvalue weighted by Crippen LogP contribution is 2.21. The van der Waals surface area contributed by atoms with Crippen LogP contribution in [0.15, 0.2) is 28.4 Å². The average molecular weight is 306 g/mol. The summed E-state index contributed by atoms with van der Waals surface area (Å²) in [6.07, 6.45) is 10.2. The summed E-state index contributed by atoms with van der Waals surface area (Å²) in [5.74, 6) is 0.678. The van der Waals surface area contributed by atoms with Gasteiger partial charge < -0.3 is 5.32 Å². The summed E-state index contributed by atoms with van der Waals surface area (Å²) in [6.45, 7) is 0.842. The van der Waals surface area contributed by atoms with Gasteiger partial charge in [-0.05, 0) is 54.1 Å². The lowest BCUT2D eigenvalue weighted by Gasteiger charge is -2.13. The number of aromatic nitrogens is 1. The van der Waals surface area contributed by atoms with Crippen LogP contribution in [-0.2, 0) is 0 Å². The van der Waals surface area contributed by atoms with Crippen LogP contribution in [0.25, 0.3) is 0 Å². The number of hydrogen-bond donors (Lipinski definition) is 1. The van der Waals surface area contributed by atoms with Gasteiger partial charge in [0, 0.05) is 17.2 Å². The van der Waals surface area contributed by atoms with Crippen LogP contribution < -0.4 is 5.32 Å². The molecule has 0 saturated heterocycles. The molecule has 4 heteroatoms. The summed E-state index contributed by atoms with van der Waals surface area (Å²) in [5.41, 5.74) is 2.12. The summed E-state index contributed by atoms with van der Waals surface area (Å²) in [4.78, 5) is 4.23. The molecular weight excluding hydrogens is 290 g/mol. The molecule has 2 rings (SSSR count). The summed E-state index contributed by atoms with van der Waals surface area (Å²) >= 11 is 3.32. The van der Waals surface area contributed by atoms with E-state index in [1.54, 1.807) is 12.3 Å². The molecule has 0 fully saturated rings. The van der Waals surface area contributed by atoms with Crippen molar-refractivity contribution in [2.45, 2.75) is 32.1 Å². The second-order valence-corrected chi connectivity index (χ2v) is 5.36. The van der Waals surface area contributed by atoms with Crippen molar-refractivity contribution in [1.82, 2.24) is 4.98 Å². The average Bonchev–Trinajstić information content (AvgIpc) is 2.41. The molecule has 3 nitrogen and oxygen atoms in total. The van der Waals surface area contributed by atoms with Gasteiger partial charge in [-0.25, -0.2) is 4.98 Å². The van der Waals surface area contributed by atoms with Gasteiger partial charge in [0.25, 0.3) is 0 Å². The molecule has 0 unspecified atom stereocenters. The van der Waals surface area contributed by atoms with Crippen molar-refractivity contribution in [3.05, 3.63) is 33.9 Å². The van der Waals surface area contributed by atoms with Gasteiger partial charge in [0.2, 0.25) is 0 Å². The predicted octanol–water partition coefficient (Wildman–Crippen LogP) is 4.02. The smallest absolute Gasteiger partial charge is 0.143 e. The van der Waals surface area contributed by atoms with Gasteiger partial charge in [-0.2, -0.15) is 5.26 Å². The van der Waals surface area contributed by atoms with E-state index in [2.05, 4.69) is 38.4 Å². The van der Waals surface area contributed by atoms with Gasteiger partial charge in [-0.3, -0.25) is 0 Å². The van der Waals surface area contributed by atoms with Crippen molar-refractivity contribution in [3.63, 3.8) is 0 Å². The molecule has 0 atom stereocenters. The monoisotopic (exact) mass is 305 g/mol. The number of nitriles is 1. The van der Waals surface area contributed by atoms with Gasteiger partial charge in [-0.1, -0.05) is 11.6 Å². The quantitative estimate of drug-likeness (QED) is 0.855. The Labute approximate surface area is 116 Å². The highest BCUT2D eigenvalue weighted by Gasteiger charge is 2.06. The van der Waals surface area contributed by atoms with Crippen molar-refractivity contribution in [2.75, 3.05) is 11.9 Å². The largest absolute Gasteiger partial charge is 0.369 e. The number of nitrogens with one attached hydrogen (secondary N) is 1. The third-order valence-electron chi connectivity index (χ3n) is 3.10. The van der Waals surface area contributed by atoms with Crippen LogP contribution in [0.3, 0.4) is 0 Å². The van der Waals surface area contributed by atoms with Gasteiger partial charge >= 0.3 is 0 Å². The van der Waals surface area contributed by atoms with E-state index in [4.69, 9.17) is 5.26 Å². The number of halogens is 1. The molecule has 0 spiro atoms. The molecule has 1 N–H and O–H groups in total. The molecule has 0 aromatic carbocycles. The molecule has 1 heterocycles. The predicted molar refractivity (Wildman–Crippen MR) is 76.3 cm³/mol. The SMILES string of the molecule is N#Cc1cc(Br)cnc1NCCC1=CCCCC1. The van der Waals surface area contributed by atoms with Crippen LogP contribution >= 0.6 is 15.9 Å². The number of nitrogens with zero attached hydrogens (tertiary/aromatic N) is 2. The zero-order valence-corrected chi connectivity index (χ0v) is 11.8. The Bertz CT molecular complexity index is 488. The maximum absolute atomic E-state index is 9.03. The van der Waals surface area contributed by atoms with Crippen molar-refractivity contribution in [1.29, 1.82) is 5.26 Å². The zero-order chi connectivity index (χ0) is 12.8. The van der Waals surface area contributed by atoms with E-state index in [0.29, 0.717) is 11.4 Å². The van der Waals surface area contributed by atoms with Crippen molar-refractivity contribution in [2.24, 2.45) is 0 Å². The Balaban J connectivity index is 1.90. The van der Waals surface area contributed by atoms with E-state index in [-0.39, 0.29) is 0 Å². The first kappa shape index (κ1) is 13.1. The Hall–Kier alpha value is -1.34. The van der Waals surface area contributed by atoms with Crippen molar-refractivity contribution >= 4 is 21.7 Å². The van der Waals surface area contributed by atoms with Crippen molar-refractivity contribution in [3.8, 4) is 6.07 Å². The summed E-state index contributed by atoms with van der Waals surface area (Å²) in [7, 11) is 0. The van der Waals surface area contributed by atoms with Crippen LogP contribution in [0.2, 0.25) is 0 Å². The van der Waals surface area contributed by atoms with Gasteiger partial charge in [0.05, 0.1) is 5.56 Å². The van der Waals surface area contributed by atoms with E-state index in [1.807, 2.05) is 0 Å². The van der Waals surface area contributed by atoms with Gasteiger partial charge in [-0.15, -0.1) is 0 Å². The molecule has 0 saturated carbocycles. The van der Waals surface area contributed by atoms with E-state index in [9.17, 15) is 0 Å². The van der Waals surface area contributed by atoms with E-state index in [0.717, 1.165) is 17.4 Å². The van der Waals surface area contributed by atoms with E-state index < -0.39 is 0 Å². The first-order valence-electron chi connectivity index (χ1n) is 6.27. The molecule has 0 amide bonds. The third kappa shape index (κ3) is 3.58. The molecule has 1 aromatic rings. The minimum absolute atomic E-state index is 0.585. The standard InChI is InChI=1S/C14H16BrN3/c15-13-8-12(9-16)14(18-10-13)17-7-6-11-4-2-1-3-5-11/h4,8,10H,1-3,5-7H2,(H,17,18). The minimum Gasteiger partial charge on any atom is -0.369 e. The molecule has 94 valence electrons. The number of anilines is 1. The van der Waals surface area contributed by atoms with E-state index >= 15 is 0 Å². The zero-order valence-electron chi connectivity index (χ0n) is 10.2. The molecule has 1 aliphatic rings. The molecule has 0 radical (unpaired) electrons. The summed E-state index contributed by atoms with van der Waals surface area (Å²) in [6, 6.07) is 3.94. The number of rotatable bonds is 4. The topological polar surface area (TPSA) is 48.7 Å². The Kier molecular flexibility index (Phi) is 4.77. The highest BCUT2D eigenvalue weighted by atomic mass is 79.9. The Morgan fingerprint density at radius 1 is 1.44 bits per heavy atom. The fourth-order valence-corrected chi connectivity index (χ4v) is 2.47. The first-order valence-corrected chi connectivity index (χ1v) is 7.06. The Morgan fingerprint density at radius 3 is 3.06 bits per heavy atom. The second-order valence-electron chi connectivity index (χ2n) is 4.45. The molecular formula is C14H16BrN3. The highest BCUT2D eigenvalue weighted by molar-refractivity contribution is 9.10. The van der Waals surface area contributed by atoms with Crippen LogP contribution in [-0.4, -0.2) is 11.5 Å². The first-order chi connectivity index (χ1) is 8.79. The van der Waals surface area contributed by atoms with Gasteiger partial charge in [0.15, 0.2) is 0 Å². The second kappa shape index (κ2) is 6.55. The van der Waals surface area contributed by atoms with E-state index in [1.165, 1.54) is 31.3 Å². The van der Waals surface area contributed by atoms with Gasteiger partial charge in [0.1, 0.15) is 11.9 Å². The molecule has 18 heavy (non-hydrogen) atoms. The fraction of sp³-hybridized carbons (Fsp3) is 0.429. The van der Waals surface area contributed by atoms with Crippen LogP contribution in [0.4, 0.5) is 5.82 Å². The molecule has 1 aromatic heterocycles. The fourth-order valence-electron chi connectivity index (χ4n) is 2.14. The van der Waals surface area contributed by atoms with Crippen LogP contribution in [0.5, 0.6) is 0 Å². The normalized spacial score (nSPS) is 14.8. The number of allylic oxidation sites excluding steroid dienone is 1. The lowest BCUT2D eigenvalue weighted by atomic mass is 9.97. The number of pyridine rings is 1. The molecule has 0 bridgehead atoms. The maximum Gasteiger partial charge on any atom is 0.143 e. The minimum atomic E-state index is 0.585. The molecule has 1 aliphatic carbocycles. The summed E-state index contributed by atoms with van der Waals surface area (Å²) in [5, 5.41) is 12.3. The summed E-state index contributed by atoms with van der Waals surface area (Å²) < 4.78 is 0.833. The lowest BCUT2D eigenvalue weighted by molar-refractivity contribution is 0.679. The van der Waals surface area contributed by atoms with Crippen LogP contribution in [0.1, 0.15) is 37.7 Å². The molecule has 0 aliphatic heterocycles.